The van der Waals surface area contributed by atoms with Crippen LogP contribution < -0.4 is 10.6 Å². The number of aryl methyl sites for hydroxylation is 1. The maximum Gasteiger partial charge on any atom is 0.261 e. The highest BCUT2D eigenvalue weighted by Gasteiger charge is 2.30. The summed E-state index contributed by atoms with van der Waals surface area (Å²) in [5.41, 5.74) is 3.97. The van der Waals surface area contributed by atoms with E-state index in [1.807, 2.05) is 24.3 Å². The van der Waals surface area contributed by atoms with Gasteiger partial charge in [0.2, 0.25) is 0 Å². The standard InChI is InChI=1S/C29H37N3O2S/c1-29(2,3)21-9-10-24-19(14-21)13-20-15-26(35-28(20)32-24)27(34)31-25(18-7-5-4-6-8-18)11-12-30-22-16-23(33)17-22/h4-8,13,15,21-23,25,30,33H,9-12,14,16-17H2,1-3H3,(H,31,34)/t21-,22?,23?,25+/m0/s1. The van der Waals surface area contributed by atoms with Crippen molar-refractivity contribution in [2.75, 3.05) is 6.54 Å². The van der Waals surface area contributed by atoms with Gasteiger partial charge in [-0.05, 0) is 79.7 Å². The minimum absolute atomic E-state index is 0.0357. The zero-order valence-corrected chi connectivity index (χ0v) is 21.8. The van der Waals surface area contributed by atoms with E-state index in [2.05, 4.69) is 49.6 Å². The van der Waals surface area contributed by atoms with Crippen LogP contribution >= 0.6 is 11.3 Å². The van der Waals surface area contributed by atoms with E-state index in [1.165, 1.54) is 29.0 Å². The summed E-state index contributed by atoms with van der Waals surface area (Å²) in [5.74, 6) is 0.630. The van der Waals surface area contributed by atoms with E-state index in [0.717, 1.165) is 59.3 Å². The molecule has 2 heterocycles. The fourth-order valence-electron chi connectivity index (χ4n) is 5.40. The van der Waals surface area contributed by atoms with Crippen molar-refractivity contribution in [1.82, 2.24) is 15.6 Å². The van der Waals surface area contributed by atoms with Gasteiger partial charge in [0.25, 0.3) is 5.91 Å². The summed E-state index contributed by atoms with van der Waals surface area (Å²) in [6, 6.07) is 14.8. The number of hydrogen-bond donors (Lipinski definition) is 3. The van der Waals surface area contributed by atoms with E-state index in [-0.39, 0.29) is 18.1 Å². The Morgan fingerprint density at radius 2 is 1.97 bits per heavy atom. The molecule has 0 saturated heterocycles. The summed E-state index contributed by atoms with van der Waals surface area (Å²) < 4.78 is 0. The molecule has 3 N–H and O–H groups in total. The molecule has 1 fully saturated rings. The van der Waals surface area contributed by atoms with Crippen molar-refractivity contribution in [2.24, 2.45) is 11.3 Å². The molecule has 5 nitrogen and oxygen atoms in total. The number of amides is 1. The number of rotatable bonds is 7. The summed E-state index contributed by atoms with van der Waals surface area (Å²) >= 11 is 1.50. The Hall–Kier alpha value is -2.28. The van der Waals surface area contributed by atoms with E-state index in [1.54, 1.807) is 0 Å². The van der Waals surface area contributed by atoms with Crippen molar-refractivity contribution in [3.05, 3.63) is 64.2 Å². The zero-order valence-electron chi connectivity index (χ0n) is 21.0. The van der Waals surface area contributed by atoms with Crippen LogP contribution in [0.2, 0.25) is 0 Å². The third-order valence-corrected chi connectivity index (χ3v) is 8.85. The maximum absolute atomic E-state index is 13.3. The fourth-order valence-corrected chi connectivity index (χ4v) is 6.33. The van der Waals surface area contributed by atoms with Gasteiger partial charge < -0.3 is 15.7 Å². The first kappa shape index (κ1) is 24.4. The van der Waals surface area contributed by atoms with E-state index < -0.39 is 0 Å². The van der Waals surface area contributed by atoms with Crippen LogP contribution in [-0.4, -0.2) is 34.7 Å². The summed E-state index contributed by atoms with van der Waals surface area (Å²) in [6.07, 6.45) is 5.54. The molecule has 2 aliphatic carbocycles. The quantitative estimate of drug-likeness (QED) is 0.412. The number of thiophene rings is 1. The molecule has 0 spiro atoms. The first-order valence-corrected chi connectivity index (χ1v) is 13.8. The summed E-state index contributed by atoms with van der Waals surface area (Å²) in [4.78, 5) is 20.0. The fraction of sp³-hybridized carbons (Fsp3) is 0.517. The normalized spacial score (nSPS) is 22.9. The van der Waals surface area contributed by atoms with Gasteiger partial charge in [-0.1, -0.05) is 51.1 Å². The van der Waals surface area contributed by atoms with Crippen molar-refractivity contribution >= 4 is 27.5 Å². The number of benzene rings is 1. The molecule has 0 aliphatic heterocycles. The lowest BCUT2D eigenvalue weighted by atomic mass is 9.71. The SMILES string of the molecule is CC(C)(C)[C@H]1CCc2nc3sc(C(=O)N[C@H](CCNC4CC(O)C4)c4ccccc4)cc3cc2C1. The molecule has 6 heteroatoms. The monoisotopic (exact) mass is 491 g/mol. The number of aliphatic hydroxyl groups excluding tert-OH is 1. The van der Waals surface area contributed by atoms with E-state index >= 15 is 0 Å². The largest absolute Gasteiger partial charge is 0.393 e. The molecule has 186 valence electrons. The molecule has 1 aromatic carbocycles. The minimum atomic E-state index is -0.163. The molecular formula is C29H37N3O2S. The summed E-state index contributed by atoms with van der Waals surface area (Å²) in [7, 11) is 0. The second kappa shape index (κ2) is 10.00. The molecular weight excluding hydrogens is 454 g/mol. The molecule has 2 atom stereocenters. The number of carbonyl (C=O) groups excluding carboxylic acids is 1. The number of aromatic nitrogens is 1. The van der Waals surface area contributed by atoms with Gasteiger partial charge in [0.15, 0.2) is 0 Å². The lowest BCUT2D eigenvalue weighted by molar-refractivity contribution is 0.0623. The average Bonchev–Trinajstić information content (AvgIpc) is 3.23. The molecule has 1 saturated carbocycles. The molecule has 2 aromatic heterocycles. The van der Waals surface area contributed by atoms with Crippen LogP contribution in [-0.2, 0) is 12.8 Å². The molecule has 0 unspecified atom stereocenters. The van der Waals surface area contributed by atoms with Gasteiger partial charge in [0.05, 0.1) is 17.0 Å². The highest BCUT2D eigenvalue weighted by Crippen LogP contribution is 2.38. The van der Waals surface area contributed by atoms with Crippen molar-refractivity contribution in [3.63, 3.8) is 0 Å². The van der Waals surface area contributed by atoms with Crippen LogP contribution in [0.4, 0.5) is 0 Å². The number of carbonyl (C=O) groups is 1. The predicted molar refractivity (Wildman–Crippen MR) is 143 cm³/mol. The predicted octanol–water partition coefficient (Wildman–Crippen LogP) is 5.42. The van der Waals surface area contributed by atoms with Crippen molar-refractivity contribution in [1.29, 1.82) is 0 Å². The topological polar surface area (TPSA) is 74.2 Å². The Morgan fingerprint density at radius 3 is 2.69 bits per heavy atom. The second-order valence-electron chi connectivity index (χ2n) is 11.4. The van der Waals surface area contributed by atoms with Crippen LogP contribution in [0.25, 0.3) is 10.2 Å². The van der Waals surface area contributed by atoms with Gasteiger partial charge in [0, 0.05) is 17.1 Å². The highest BCUT2D eigenvalue weighted by atomic mass is 32.1. The Kier molecular flexibility index (Phi) is 6.97. The number of pyridine rings is 1. The third-order valence-electron chi connectivity index (χ3n) is 7.81. The molecule has 5 rings (SSSR count). The smallest absolute Gasteiger partial charge is 0.261 e. The molecule has 0 bridgehead atoms. The minimum Gasteiger partial charge on any atom is -0.393 e. The van der Waals surface area contributed by atoms with Gasteiger partial charge in [-0.2, -0.15) is 0 Å². The Bertz CT molecular complexity index is 1180. The van der Waals surface area contributed by atoms with Crippen molar-refractivity contribution < 1.29 is 9.90 Å². The third kappa shape index (κ3) is 5.60. The van der Waals surface area contributed by atoms with Crippen LogP contribution in [0.5, 0.6) is 0 Å². The van der Waals surface area contributed by atoms with E-state index in [4.69, 9.17) is 4.98 Å². The number of fused-ring (bicyclic) bond motifs is 2. The Morgan fingerprint density at radius 1 is 1.20 bits per heavy atom. The number of hydrogen-bond acceptors (Lipinski definition) is 5. The van der Waals surface area contributed by atoms with Gasteiger partial charge in [-0.3, -0.25) is 4.79 Å². The van der Waals surface area contributed by atoms with Gasteiger partial charge >= 0.3 is 0 Å². The van der Waals surface area contributed by atoms with Gasteiger partial charge in [0.1, 0.15) is 4.83 Å². The first-order valence-electron chi connectivity index (χ1n) is 13.0. The molecule has 2 aliphatic rings. The van der Waals surface area contributed by atoms with E-state index in [0.29, 0.717) is 17.4 Å². The second-order valence-corrected chi connectivity index (χ2v) is 12.4. The molecule has 0 radical (unpaired) electrons. The van der Waals surface area contributed by atoms with Gasteiger partial charge in [-0.25, -0.2) is 4.98 Å². The Labute approximate surface area is 212 Å². The number of aliphatic hydroxyl groups is 1. The lowest BCUT2D eigenvalue weighted by Gasteiger charge is -2.34. The van der Waals surface area contributed by atoms with Crippen LogP contribution in [0.15, 0.2) is 42.5 Å². The molecule has 1 amide bonds. The van der Waals surface area contributed by atoms with Crippen molar-refractivity contribution in [2.45, 2.75) is 77.5 Å². The zero-order chi connectivity index (χ0) is 24.6. The van der Waals surface area contributed by atoms with E-state index in [9.17, 15) is 9.90 Å². The summed E-state index contributed by atoms with van der Waals surface area (Å²) in [6.45, 7) is 7.79. The summed E-state index contributed by atoms with van der Waals surface area (Å²) in [5, 5.41) is 17.4. The van der Waals surface area contributed by atoms with Crippen LogP contribution in [0, 0.1) is 11.3 Å². The van der Waals surface area contributed by atoms with Crippen LogP contribution in [0.1, 0.15) is 79.0 Å². The maximum atomic E-state index is 13.3. The number of nitrogens with one attached hydrogen (secondary N) is 2. The average molecular weight is 492 g/mol. The number of nitrogens with zero attached hydrogens (tertiary/aromatic N) is 1. The lowest BCUT2D eigenvalue weighted by Crippen LogP contribution is -2.45. The highest BCUT2D eigenvalue weighted by molar-refractivity contribution is 7.20. The molecule has 3 aromatic rings. The first-order chi connectivity index (χ1) is 16.8. The molecule has 35 heavy (non-hydrogen) atoms. The van der Waals surface area contributed by atoms with Gasteiger partial charge in [-0.15, -0.1) is 11.3 Å². The van der Waals surface area contributed by atoms with Crippen LogP contribution in [0.3, 0.4) is 0 Å². The van der Waals surface area contributed by atoms with Crippen molar-refractivity contribution in [3.8, 4) is 0 Å². The Balaban J connectivity index is 1.30.